The quantitative estimate of drug-likeness (QED) is 0.875. The molecule has 0 bridgehead atoms. The fourth-order valence-corrected chi connectivity index (χ4v) is 3.20. The lowest BCUT2D eigenvalue weighted by molar-refractivity contribution is -0.142. The second-order valence-corrected chi connectivity index (χ2v) is 6.45. The second kappa shape index (κ2) is 8.40. The molecule has 25 heavy (non-hydrogen) atoms. The molecular weight excluding hydrogens is 325 g/mol. The highest BCUT2D eigenvalue weighted by Crippen LogP contribution is 2.16. The first-order valence-corrected chi connectivity index (χ1v) is 8.80. The van der Waals surface area contributed by atoms with Gasteiger partial charge in [-0.1, -0.05) is 12.1 Å². The molecule has 0 saturated carbocycles. The molecule has 2 heterocycles. The number of nitrogens with zero attached hydrogens (tertiary/aromatic N) is 2. The summed E-state index contributed by atoms with van der Waals surface area (Å²) >= 11 is 0. The van der Waals surface area contributed by atoms with Gasteiger partial charge in [0.1, 0.15) is 11.9 Å². The van der Waals surface area contributed by atoms with Crippen LogP contribution in [0.3, 0.4) is 0 Å². The van der Waals surface area contributed by atoms with Crippen LogP contribution in [0.1, 0.15) is 19.3 Å². The molecule has 0 unspecified atom stereocenters. The lowest BCUT2D eigenvalue weighted by atomic mass is 10.2. The molecule has 1 N–H and O–H groups in total. The van der Waals surface area contributed by atoms with Gasteiger partial charge in [0, 0.05) is 45.8 Å². The van der Waals surface area contributed by atoms with Crippen molar-refractivity contribution in [3.8, 4) is 0 Å². The van der Waals surface area contributed by atoms with Gasteiger partial charge in [0.2, 0.25) is 5.91 Å². The zero-order valence-electron chi connectivity index (χ0n) is 14.2. The van der Waals surface area contributed by atoms with Crippen LogP contribution in [0.5, 0.6) is 0 Å². The Kier molecular flexibility index (Phi) is 5.99. The predicted octanol–water partition coefficient (Wildman–Crippen LogP) is 1.48. The Hall–Kier alpha value is -1.99. The Bertz CT molecular complexity index is 611. The maximum atomic E-state index is 13.5. The molecule has 2 fully saturated rings. The van der Waals surface area contributed by atoms with Crippen molar-refractivity contribution in [2.75, 3.05) is 44.6 Å². The summed E-state index contributed by atoms with van der Waals surface area (Å²) in [6.07, 6.45) is 1.80. The first-order valence-electron chi connectivity index (χ1n) is 8.80. The lowest BCUT2D eigenvalue weighted by Crippen LogP contribution is -2.51. The number of halogens is 1. The Morgan fingerprint density at radius 2 is 1.96 bits per heavy atom. The molecule has 1 aromatic carbocycles. The molecule has 2 aliphatic rings. The smallest absolute Gasteiger partial charge is 0.251 e. The number of carbonyl (C=O) groups is 2. The fourth-order valence-electron chi connectivity index (χ4n) is 3.20. The molecule has 6 nitrogen and oxygen atoms in total. The van der Waals surface area contributed by atoms with Gasteiger partial charge in [-0.15, -0.1) is 0 Å². The van der Waals surface area contributed by atoms with Crippen molar-refractivity contribution >= 4 is 17.5 Å². The third-order valence-corrected chi connectivity index (χ3v) is 4.69. The summed E-state index contributed by atoms with van der Waals surface area (Å²) in [5.41, 5.74) is 0.208. The molecule has 0 radical (unpaired) electrons. The minimum atomic E-state index is -0.433. The van der Waals surface area contributed by atoms with Gasteiger partial charge in [-0.2, -0.15) is 0 Å². The van der Waals surface area contributed by atoms with E-state index in [1.165, 1.54) is 6.07 Å². The number of para-hydroxylation sites is 1. The van der Waals surface area contributed by atoms with Crippen LogP contribution in [-0.2, 0) is 14.3 Å². The van der Waals surface area contributed by atoms with E-state index >= 15 is 0 Å². The van der Waals surface area contributed by atoms with Crippen LogP contribution >= 0.6 is 0 Å². The third kappa shape index (κ3) is 4.76. The first kappa shape index (κ1) is 17.8. The molecule has 0 aromatic heterocycles. The number of hydrogen-bond acceptors (Lipinski definition) is 4. The van der Waals surface area contributed by atoms with Crippen molar-refractivity contribution in [1.82, 2.24) is 9.80 Å². The largest absolute Gasteiger partial charge is 0.368 e. The van der Waals surface area contributed by atoms with E-state index in [9.17, 15) is 14.0 Å². The Balaban J connectivity index is 1.38. The molecule has 0 spiro atoms. The highest BCUT2D eigenvalue weighted by Gasteiger charge is 2.30. The summed E-state index contributed by atoms with van der Waals surface area (Å²) < 4.78 is 19.0. The number of ether oxygens (including phenoxy) is 1. The van der Waals surface area contributed by atoms with E-state index in [1.807, 2.05) is 4.90 Å². The second-order valence-electron chi connectivity index (χ2n) is 6.45. The van der Waals surface area contributed by atoms with Gasteiger partial charge in [0.15, 0.2) is 0 Å². The number of rotatable bonds is 5. The van der Waals surface area contributed by atoms with Gasteiger partial charge in [-0.25, -0.2) is 4.39 Å². The number of piperazine rings is 1. The van der Waals surface area contributed by atoms with Gasteiger partial charge >= 0.3 is 0 Å². The zero-order chi connectivity index (χ0) is 17.6. The van der Waals surface area contributed by atoms with Crippen LogP contribution in [0.4, 0.5) is 10.1 Å². The summed E-state index contributed by atoms with van der Waals surface area (Å²) in [6, 6.07) is 6.13. The van der Waals surface area contributed by atoms with Crippen LogP contribution in [-0.4, -0.2) is 67.0 Å². The molecule has 0 aliphatic carbocycles. The minimum Gasteiger partial charge on any atom is -0.368 e. The van der Waals surface area contributed by atoms with E-state index in [0.717, 1.165) is 25.9 Å². The van der Waals surface area contributed by atoms with E-state index in [4.69, 9.17) is 4.74 Å². The number of anilines is 1. The highest BCUT2D eigenvalue weighted by atomic mass is 19.1. The van der Waals surface area contributed by atoms with Crippen molar-refractivity contribution in [2.45, 2.75) is 25.4 Å². The predicted molar refractivity (Wildman–Crippen MR) is 91.6 cm³/mol. The molecular formula is C18H24FN3O3. The Morgan fingerprint density at radius 1 is 1.20 bits per heavy atom. The Labute approximate surface area is 146 Å². The van der Waals surface area contributed by atoms with Gasteiger partial charge in [-0.05, 0) is 25.0 Å². The van der Waals surface area contributed by atoms with E-state index in [-0.39, 0.29) is 23.6 Å². The average Bonchev–Trinajstić information content (AvgIpc) is 3.16. The normalized spacial score (nSPS) is 21.3. The number of hydrogen-bond donors (Lipinski definition) is 1. The fraction of sp³-hybridized carbons (Fsp3) is 0.556. The van der Waals surface area contributed by atoms with Crippen LogP contribution in [0, 0.1) is 5.82 Å². The van der Waals surface area contributed by atoms with Gasteiger partial charge in [0.05, 0.1) is 5.69 Å². The zero-order valence-corrected chi connectivity index (χ0v) is 14.2. The van der Waals surface area contributed by atoms with Crippen molar-refractivity contribution < 1.29 is 18.7 Å². The topological polar surface area (TPSA) is 61.9 Å². The lowest BCUT2D eigenvalue weighted by Gasteiger charge is -2.35. The van der Waals surface area contributed by atoms with Crippen molar-refractivity contribution in [2.24, 2.45) is 0 Å². The third-order valence-electron chi connectivity index (χ3n) is 4.69. The van der Waals surface area contributed by atoms with Crippen LogP contribution < -0.4 is 5.32 Å². The summed E-state index contributed by atoms with van der Waals surface area (Å²) in [7, 11) is 0. The summed E-state index contributed by atoms with van der Waals surface area (Å²) in [5.74, 6) is -0.547. The summed E-state index contributed by atoms with van der Waals surface area (Å²) in [6.45, 7) is 4.08. The van der Waals surface area contributed by atoms with E-state index in [1.54, 1.807) is 18.2 Å². The van der Waals surface area contributed by atoms with E-state index < -0.39 is 5.82 Å². The standard InChI is InChI=1S/C18H24FN3O3/c19-14-4-1-2-5-15(14)20-17(23)7-8-21-9-11-22(12-10-21)18(24)16-6-3-13-25-16/h1-2,4-5,16H,3,6-13H2,(H,20,23)/t16-/m0/s1. The van der Waals surface area contributed by atoms with Gasteiger partial charge in [-0.3, -0.25) is 14.5 Å². The van der Waals surface area contributed by atoms with Crippen molar-refractivity contribution in [3.63, 3.8) is 0 Å². The van der Waals surface area contributed by atoms with E-state index in [2.05, 4.69) is 10.2 Å². The molecule has 1 aromatic rings. The molecule has 2 aliphatic heterocycles. The van der Waals surface area contributed by atoms with Crippen molar-refractivity contribution in [3.05, 3.63) is 30.1 Å². The molecule has 136 valence electrons. The first-order chi connectivity index (χ1) is 12.1. The molecule has 7 heteroatoms. The van der Waals surface area contributed by atoms with Crippen molar-refractivity contribution in [1.29, 1.82) is 0 Å². The Morgan fingerprint density at radius 3 is 2.64 bits per heavy atom. The molecule has 2 amide bonds. The van der Waals surface area contributed by atoms with Gasteiger partial charge in [0.25, 0.3) is 5.91 Å². The molecule has 1 atom stereocenters. The van der Waals surface area contributed by atoms with Gasteiger partial charge < -0.3 is 15.0 Å². The average molecular weight is 349 g/mol. The summed E-state index contributed by atoms with van der Waals surface area (Å²) in [5, 5.41) is 2.59. The molecule has 3 rings (SSSR count). The maximum absolute atomic E-state index is 13.5. The number of nitrogens with one attached hydrogen (secondary N) is 1. The van der Waals surface area contributed by atoms with E-state index in [0.29, 0.717) is 32.7 Å². The highest BCUT2D eigenvalue weighted by molar-refractivity contribution is 5.90. The van der Waals surface area contributed by atoms with Crippen LogP contribution in [0.25, 0.3) is 0 Å². The minimum absolute atomic E-state index is 0.0921. The molecule has 2 saturated heterocycles. The number of carbonyl (C=O) groups excluding carboxylic acids is 2. The monoisotopic (exact) mass is 349 g/mol. The van der Waals surface area contributed by atoms with Crippen LogP contribution in [0.15, 0.2) is 24.3 Å². The van der Waals surface area contributed by atoms with Crippen LogP contribution in [0.2, 0.25) is 0 Å². The number of benzene rings is 1. The summed E-state index contributed by atoms with van der Waals surface area (Å²) in [4.78, 5) is 28.3. The number of amides is 2. The maximum Gasteiger partial charge on any atom is 0.251 e. The SMILES string of the molecule is O=C(CCN1CCN(C(=O)[C@@H]2CCCO2)CC1)Nc1ccccc1F.